The molecule has 1 aromatic rings. The summed E-state index contributed by atoms with van der Waals surface area (Å²) in [5.41, 5.74) is 0.886. The number of rotatable bonds is 4. The summed E-state index contributed by atoms with van der Waals surface area (Å²) in [4.78, 5) is 23.7. The molecule has 1 aromatic carbocycles. The van der Waals surface area contributed by atoms with E-state index in [4.69, 9.17) is 4.74 Å². The van der Waals surface area contributed by atoms with Crippen molar-refractivity contribution >= 4 is 23.7 Å². The van der Waals surface area contributed by atoms with E-state index >= 15 is 0 Å². The summed E-state index contributed by atoms with van der Waals surface area (Å²) in [5.74, 6) is -0.802. The fourth-order valence-electron chi connectivity index (χ4n) is 1.31. The molecule has 0 fully saturated rings. The number of ether oxygens (including phenoxy) is 2. The van der Waals surface area contributed by atoms with Crippen molar-refractivity contribution < 1.29 is 19.1 Å². The lowest BCUT2D eigenvalue weighted by Crippen LogP contribution is -2.08. The van der Waals surface area contributed by atoms with E-state index < -0.39 is 5.97 Å². The number of methoxy groups -OCH3 is 1. The number of carbonyl (C=O) groups is 2. The Morgan fingerprint density at radius 3 is 2.53 bits per heavy atom. The van der Waals surface area contributed by atoms with Gasteiger partial charge in [-0.15, -0.1) is 11.8 Å². The van der Waals surface area contributed by atoms with Gasteiger partial charge in [-0.1, -0.05) is 0 Å². The molecule has 0 aromatic heterocycles. The Morgan fingerprint density at radius 2 is 2.00 bits per heavy atom. The molecule has 0 saturated carbocycles. The predicted octanol–water partition coefficient (Wildman–Crippen LogP) is 2.37. The van der Waals surface area contributed by atoms with Gasteiger partial charge in [-0.3, -0.25) is 0 Å². The molecule has 0 bridgehead atoms. The summed E-state index contributed by atoms with van der Waals surface area (Å²) >= 11 is 1.38. The van der Waals surface area contributed by atoms with Crippen molar-refractivity contribution in [1.29, 1.82) is 0 Å². The molecule has 0 aliphatic rings. The Bertz CT molecular complexity index is 429. The van der Waals surface area contributed by atoms with Crippen LogP contribution in [0.4, 0.5) is 0 Å². The molecule has 0 radical (unpaired) electrons. The van der Waals surface area contributed by atoms with Crippen LogP contribution in [-0.2, 0) is 9.47 Å². The van der Waals surface area contributed by atoms with Crippen molar-refractivity contribution in [2.24, 2.45) is 0 Å². The maximum atomic E-state index is 11.5. The molecule has 0 spiro atoms. The molecule has 1 rings (SSSR count). The fraction of sp³-hybridized carbons (Fsp3) is 0.333. The molecular formula is C12H14O4S. The van der Waals surface area contributed by atoms with Gasteiger partial charge >= 0.3 is 11.9 Å². The van der Waals surface area contributed by atoms with Gasteiger partial charge in [0.25, 0.3) is 0 Å². The van der Waals surface area contributed by atoms with E-state index in [9.17, 15) is 9.59 Å². The van der Waals surface area contributed by atoms with E-state index in [2.05, 4.69) is 4.74 Å². The number of thioether (sulfide) groups is 1. The highest BCUT2D eigenvalue weighted by atomic mass is 32.2. The van der Waals surface area contributed by atoms with Gasteiger partial charge in [0.15, 0.2) is 0 Å². The van der Waals surface area contributed by atoms with Crippen molar-refractivity contribution in [3.8, 4) is 0 Å². The minimum absolute atomic E-state index is 0.326. The third-order valence-electron chi connectivity index (χ3n) is 2.12. The van der Waals surface area contributed by atoms with Gasteiger partial charge < -0.3 is 9.47 Å². The lowest BCUT2D eigenvalue weighted by molar-refractivity contribution is 0.0523. The van der Waals surface area contributed by atoms with Crippen LogP contribution < -0.4 is 0 Å². The highest BCUT2D eigenvalue weighted by molar-refractivity contribution is 7.98. The van der Waals surface area contributed by atoms with Crippen molar-refractivity contribution in [3.05, 3.63) is 29.3 Å². The van der Waals surface area contributed by atoms with E-state index in [1.807, 2.05) is 6.26 Å². The first-order valence-corrected chi connectivity index (χ1v) is 6.30. The van der Waals surface area contributed by atoms with Crippen molar-refractivity contribution in [2.75, 3.05) is 20.0 Å². The largest absolute Gasteiger partial charge is 0.465 e. The Morgan fingerprint density at radius 1 is 1.29 bits per heavy atom. The quantitative estimate of drug-likeness (QED) is 0.610. The Labute approximate surface area is 104 Å². The Hall–Kier alpha value is -1.49. The van der Waals surface area contributed by atoms with Crippen LogP contribution in [0.2, 0.25) is 0 Å². The van der Waals surface area contributed by atoms with E-state index in [0.717, 1.165) is 0 Å². The zero-order valence-corrected chi connectivity index (χ0v) is 10.8. The van der Waals surface area contributed by atoms with Crippen molar-refractivity contribution in [2.45, 2.75) is 11.8 Å². The van der Waals surface area contributed by atoms with Gasteiger partial charge in [0.1, 0.15) is 0 Å². The van der Waals surface area contributed by atoms with Crippen molar-refractivity contribution in [1.82, 2.24) is 0 Å². The molecule has 0 unspecified atom stereocenters. The van der Waals surface area contributed by atoms with Gasteiger partial charge in [-0.2, -0.15) is 0 Å². The van der Waals surface area contributed by atoms with E-state index in [1.165, 1.54) is 18.9 Å². The minimum Gasteiger partial charge on any atom is -0.465 e. The topological polar surface area (TPSA) is 52.6 Å². The zero-order chi connectivity index (χ0) is 12.8. The monoisotopic (exact) mass is 254 g/mol. The number of hydrogen-bond donors (Lipinski definition) is 0. The highest BCUT2D eigenvalue weighted by Gasteiger charge is 2.14. The number of hydrogen-bond acceptors (Lipinski definition) is 5. The second-order valence-corrected chi connectivity index (χ2v) is 3.98. The normalized spacial score (nSPS) is 9.82. The van der Waals surface area contributed by atoms with Gasteiger partial charge in [0.05, 0.1) is 24.8 Å². The summed E-state index contributed by atoms with van der Waals surface area (Å²) in [6, 6.07) is 4.77. The van der Waals surface area contributed by atoms with Gasteiger partial charge in [-0.05, 0) is 31.4 Å². The molecule has 0 aliphatic heterocycles. The molecule has 0 N–H and O–H groups in total. The lowest BCUT2D eigenvalue weighted by atomic mass is 10.1. The van der Waals surface area contributed by atoms with Crippen LogP contribution in [0.5, 0.6) is 0 Å². The Balaban J connectivity index is 3.08. The third-order valence-corrected chi connectivity index (χ3v) is 2.90. The summed E-state index contributed by atoms with van der Waals surface area (Å²) in [7, 11) is 1.33. The molecule has 0 atom stereocenters. The van der Waals surface area contributed by atoms with E-state index in [-0.39, 0.29) is 5.97 Å². The van der Waals surface area contributed by atoms with Crippen LogP contribution in [0, 0.1) is 0 Å². The SMILES string of the molecule is CCOC(=O)c1ccc(C(=O)OC)c(SC)c1. The first-order chi connectivity index (χ1) is 8.13. The predicted molar refractivity (Wildman–Crippen MR) is 65.5 cm³/mol. The molecular weight excluding hydrogens is 240 g/mol. The summed E-state index contributed by atoms with van der Waals surface area (Å²) in [6.07, 6.45) is 1.83. The van der Waals surface area contributed by atoms with Crippen molar-refractivity contribution in [3.63, 3.8) is 0 Å². The highest BCUT2D eigenvalue weighted by Crippen LogP contribution is 2.23. The summed E-state index contributed by atoms with van der Waals surface area (Å²) in [5, 5.41) is 0. The minimum atomic E-state index is -0.412. The molecule has 0 amide bonds. The average Bonchev–Trinajstić information content (AvgIpc) is 2.37. The van der Waals surface area contributed by atoms with Crippen LogP contribution in [0.25, 0.3) is 0 Å². The molecule has 0 aliphatic carbocycles. The van der Waals surface area contributed by atoms with Crippen LogP contribution in [0.1, 0.15) is 27.6 Å². The molecule has 5 heteroatoms. The Kier molecular flexibility index (Phi) is 5.03. The van der Waals surface area contributed by atoms with Gasteiger partial charge in [0.2, 0.25) is 0 Å². The fourth-order valence-corrected chi connectivity index (χ4v) is 1.93. The molecule has 4 nitrogen and oxygen atoms in total. The lowest BCUT2D eigenvalue weighted by Gasteiger charge is -2.07. The second-order valence-electron chi connectivity index (χ2n) is 3.13. The summed E-state index contributed by atoms with van der Waals surface area (Å²) < 4.78 is 9.55. The van der Waals surface area contributed by atoms with Gasteiger partial charge in [-0.25, -0.2) is 9.59 Å². The summed E-state index contributed by atoms with van der Waals surface area (Å²) in [6.45, 7) is 2.07. The average molecular weight is 254 g/mol. The van der Waals surface area contributed by atoms with Gasteiger partial charge in [0, 0.05) is 4.90 Å². The number of benzene rings is 1. The molecule has 0 saturated heterocycles. The zero-order valence-electron chi connectivity index (χ0n) is 9.98. The smallest absolute Gasteiger partial charge is 0.338 e. The maximum absolute atomic E-state index is 11.5. The standard InChI is InChI=1S/C12H14O4S/c1-4-16-11(13)8-5-6-9(12(14)15-2)10(7-8)17-3/h5-7H,4H2,1-3H3. The third kappa shape index (κ3) is 3.23. The van der Waals surface area contributed by atoms with Crippen LogP contribution in [0.15, 0.2) is 23.1 Å². The molecule has 17 heavy (non-hydrogen) atoms. The van der Waals surface area contributed by atoms with E-state index in [1.54, 1.807) is 25.1 Å². The number of carbonyl (C=O) groups excluding carboxylic acids is 2. The van der Waals surface area contributed by atoms with E-state index in [0.29, 0.717) is 22.6 Å². The maximum Gasteiger partial charge on any atom is 0.338 e. The first kappa shape index (κ1) is 13.6. The number of esters is 2. The van der Waals surface area contributed by atoms with Crippen LogP contribution in [-0.4, -0.2) is 31.9 Å². The molecule has 92 valence electrons. The first-order valence-electron chi connectivity index (χ1n) is 5.07. The van der Waals surface area contributed by atoms with Crippen LogP contribution >= 0.6 is 11.8 Å². The molecule has 0 heterocycles. The second kappa shape index (κ2) is 6.30. The van der Waals surface area contributed by atoms with Crippen LogP contribution in [0.3, 0.4) is 0 Å².